The summed E-state index contributed by atoms with van der Waals surface area (Å²) in [5.74, 6) is 0.738. The van der Waals surface area contributed by atoms with Crippen LogP contribution in [0.2, 0.25) is 0 Å². The topological polar surface area (TPSA) is 45.0 Å². The molecule has 0 radical (unpaired) electrons. The van der Waals surface area contributed by atoms with Crippen LogP contribution in [0.25, 0.3) is 0 Å². The zero-order valence-corrected chi connectivity index (χ0v) is 11.8. The third kappa shape index (κ3) is 2.92. The van der Waals surface area contributed by atoms with Crippen molar-refractivity contribution >= 4 is 5.69 Å². The Morgan fingerprint density at radius 2 is 1.85 bits per heavy atom. The highest BCUT2D eigenvalue weighted by Crippen LogP contribution is 2.28. The summed E-state index contributed by atoms with van der Waals surface area (Å²) in [4.78, 5) is 0. The molecule has 0 bridgehead atoms. The summed E-state index contributed by atoms with van der Waals surface area (Å²) < 4.78 is 5.31. The summed E-state index contributed by atoms with van der Waals surface area (Å²) in [6.07, 6.45) is 0.905. The number of hydrogen-bond donors (Lipinski definition) is 1. The molecular weight excluding hydrogens is 248 g/mol. The van der Waals surface area contributed by atoms with Crippen molar-refractivity contribution in [2.45, 2.75) is 19.4 Å². The molecule has 0 heterocycles. The summed E-state index contributed by atoms with van der Waals surface area (Å²) in [5, 5.41) is 12.7. The molecule has 0 spiro atoms. The van der Waals surface area contributed by atoms with Crippen molar-refractivity contribution in [3.05, 3.63) is 59.7 Å². The molecule has 20 heavy (non-hydrogen) atoms. The van der Waals surface area contributed by atoms with Gasteiger partial charge in [0.1, 0.15) is 11.8 Å². The van der Waals surface area contributed by atoms with E-state index >= 15 is 0 Å². The highest BCUT2D eigenvalue weighted by molar-refractivity contribution is 5.58. The van der Waals surface area contributed by atoms with Gasteiger partial charge in [0.2, 0.25) is 0 Å². The smallest absolute Gasteiger partial charge is 0.141 e. The summed E-state index contributed by atoms with van der Waals surface area (Å²) in [6.45, 7) is 2.09. The van der Waals surface area contributed by atoms with E-state index in [4.69, 9.17) is 4.74 Å². The van der Waals surface area contributed by atoms with Crippen molar-refractivity contribution < 1.29 is 4.74 Å². The molecular formula is C17H18N2O. The number of rotatable bonds is 5. The average molecular weight is 266 g/mol. The first-order valence-corrected chi connectivity index (χ1v) is 6.67. The molecule has 1 unspecified atom stereocenters. The number of ether oxygens (including phenoxy) is 1. The molecule has 3 heteroatoms. The van der Waals surface area contributed by atoms with Gasteiger partial charge in [-0.1, -0.05) is 43.3 Å². The van der Waals surface area contributed by atoms with Crippen LogP contribution < -0.4 is 10.1 Å². The maximum Gasteiger partial charge on any atom is 0.141 e. The maximum atomic E-state index is 9.47. The van der Waals surface area contributed by atoms with Gasteiger partial charge in [0.05, 0.1) is 18.9 Å². The van der Waals surface area contributed by atoms with E-state index in [-0.39, 0.29) is 6.04 Å². The minimum absolute atomic E-state index is 0.387. The first-order chi connectivity index (χ1) is 9.80. The summed E-state index contributed by atoms with van der Waals surface area (Å²) in [7, 11) is 1.63. The Labute approximate surface area is 119 Å². The van der Waals surface area contributed by atoms with Crippen molar-refractivity contribution in [2.24, 2.45) is 0 Å². The van der Waals surface area contributed by atoms with Crippen LogP contribution >= 0.6 is 0 Å². The number of nitrogens with zero attached hydrogens (tertiary/aromatic N) is 1. The van der Waals surface area contributed by atoms with Gasteiger partial charge in [-0.2, -0.15) is 5.26 Å². The number of nitriles is 1. The molecule has 0 saturated carbocycles. The fraction of sp³-hybridized carbons (Fsp3) is 0.235. The molecule has 0 aliphatic heterocycles. The molecule has 2 aromatic rings. The second kappa shape index (κ2) is 6.63. The number of anilines is 1. The molecule has 0 saturated heterocycles. The molecule has 1 N–H and O–H groups in total. The largest absolute Gasteiger partial charge is 0.495 e. The lowest BCUT2D eigenvalue weighted by molar-refractivity contribution is 0.416. The summed E-state index contributed by atoms with van der Waals surface area (Å²) in [5.41, 5.74) is 3.03. The number of hydrogen-bond acceptors (Lipinski definition) is 3. The Morgan fingerprint density at radius 1 is 1.15 bits per heavy atom. The molecule has 0 amide bonds. The minimum atomic E-state index is -0.387. The van der Waals surface area contributed by atoms with Gasteiger partial charge in [0.15, 0.2) is 0 Å². The highest BCUT2D eigenvalue weighted by Gasteiger charge is 2.15. The maximum absolute atomic E-state index is 9.47. The van der Waals surface area contributed by atoms with Crippen LogP contribution in [-0.2, 0) is 6.42 Å². The van der Waals surface area contributed by atoms with E-state index in [9.17, 15) is 5.26 Å². The number of aryl methyl sites for hydroxylation is 1. The van der Waals surface area contributed by atoms with Crippen LogP contribution in [0.5, 0.6) is 5.75 Å². The van der Waals surface area contributed by atoms with Gasteiger partial charge in [-0.15, -0.1) is 0 Å². The summed E-state index contributed by atoms with van der Waals surface area (Å²) >= 11 is 0. The first-order valence-electron chi connectivity index (χ1n) is 6.67. The fourth-order valence-corrected chi connectivity index (χ4v) is 2.24. The van der Waals surface area contributed by atoms with Gasteiger partial charge < -0.3 is 10.1 Å². The van der Waals surface area contributed by atoms with E-state index in [0.717, 1.165) is 23.4 Å². The predicted molar refractivity (Wildman–Crippen MR) is 80.8 cm³/mol. The second-order valence-electron chi connectivity index (χ2n) is 4.46. The van der Waals surface area contributed by atoms with Crippen LogP contribution in [0.4, 0.5) is 5.69 Å². The van der Waals surface area contributed by atoms with Crippen molar-refractivity contribution in [1.82, 2.24) is 0 Å². The zero-order valence-electron chi connectivity index (χ0n) is 11.8. The van der Waals surface area contributed by atoms with Crippen LogP contribution in [0.3, 0.4) is 0 Å². The molecule has 102 valence electrons. The van der Waals surface area contributed by atoms with E-state index in [2.05, 4.69) is 24.4 Å². The Hall–Kier alpha value is -2.47. The van der Waals surface area contributed by atoms with E-state index < -0.39 is 0 Å². The van der Waals surface area contributed by atoms with Crippen LogP contribution in [0, 0.1) is 11.3 Å². The lowest BCUT2D eigenvalue weighted by atomic mass is 9.99. The van der Waals surface area contributed by atoms with Crippen LogP contribution in [0.15, 0.2) is 48.5 Å². The van der Waals surface area contributed by atoms with Crippen molar-refractivity contribution in [3.8, 4) is 11.8 Å². The molecule has 0 aliphatic rings. The SMILES string of the molecule is CCc1ccccc1C(C#N)Nc1ccccc1OC. The molecule has 1 atom stereocenters. The molecule has 0 fully saturated rings. The van der Waals surface area contributed by atoms with Gasteiger partial charge in [0.25, 0.3) is 0 Å². The Balaban J connectivity index is 2.32. The monoisotopic (exact) mass is 266 g/mol. The molecule has 0 aliphatic carbocycles. The van der Waals surface area contributed by atoms with Gasteiger partial charge in [-0.3, -0.25) is 0 Å². The lowest BCUT2D eigenvalue weighted by Gasteiger charge is -2.18. The van der Waals surface area contributed by atoms with E-state index in [1.165, 1.54) is 5.56 Å². The number of para-hydroxylation sites is 2. The van der Waals surface area contributed by atoms with Gasteiger partial charge in [-0.25, -0.2) is 0 Å². The third-order valence-electron chi connectivity index (χ3n) is 3.28. The minimum Gasteiger partial charge on any atom is -0.495 e. The van der Waals surface area contributed by atoms with E-state index in [1.54, 1.807) is 7.11 Å². The number of benzene rings is 2. The normalized spacial score (nSPS) is 11.4. The Bertz CT molecular complexity index is 616. The third-order valence-corrected chi connectivity index (χ3v) is 3.28. The Kier molecular flexibility index (Phi) is 4.62. The summed E-state index contributed by atoms with van der Waals surface area (Å²) in [6, 6.07) is 17.6. The number of nitrogens with one attached hydrogen (secondary N) is 1. The average Bonchev–Trinajstić information content (AvgIpc) is 2.53. The van der Waals surface area contributed by atoms with E-state index in [1.807, 2.05) is 42.5 Å². The highest BCUT2D eigenvalue weighted by atomic mass is 16.5. The van der Waals surface area contributed by atoms with Crippen LogP contribution in [-0.4, -0.2) is 7.11 Å². The zero-order chi connectivity index (χ0) is 14.4. The molecule has 2 aromatic carbocycles. The van der Waals surface area contributed by atoms with Gasteiger partial charge >= 0.3 is 0 Å². The standard InChI is InChI=1S/C17H18N2O/c1-3-13-8-4-5-9-14(13)16(12-18)19-15-10-6-7-11-17(15)20-2/h4-11,16,19H,3H2,1-2H3. The van der Waals surface area contributed by atoms with Crippen LogP contribution in [0.1, 0.15) is 24.1 Å². The fourth-order valence-electron chi connectivity index (χ4n) is 2.24. The van der Waals surface area contributed by atoms with Crippen molar-refractivity contribution in [3.63, 3.8) is 0 Å². The van der Waals surface area contributed by atoms with E-state index in [0.29, 0.717) is 0 Å². The Morgan fingerprint density at radius 3 is 2.55 bits per heavy atom. The first kappa shape index (κ1) is 14.0. The van der Waals surface area contributed by atoms with Crippen molar-refractivity contribution in [2.75, 3.05) is 12.4 Å². The predicted octanol–water partition coefficient (Wildman–Crippen LogP) is 3.93. The number of methoxy groups -OCH3 is 1. The second-order valence-corrected chi connectivity index (χ2v) is 4.46. The van der Waals surface area contributed by atoms with Gasteiger partial charge in [0, 0.05) is 0 Å². The quantitative estimate of drug-likeness (QED) is 0.891. The van der Waals surface area contributed by atoms with Crippen molar-refractivity contribution in [1.29, 1.82) is 5.26 Å². The van der Waals surface area contributed by atoms with Gasteiger partial charge in [-0.05, 0) is 29.7 Å². The molecule has 3 nitrogen and oxygen atoms in total. The molecule has 0 aromatic heterocycles. The molecule has 2 rings (SSSR count). The lowest BCUT2D eigenvalue weighted by Crippen LogP contribution is -2.11.